The van der Waals surface area contributed by atoms with Crippen molar-refractivity contribution in [2.24, 2.45) is 0 Å². The first-order valence-corrected chi connectivity index (χ1v) is 12.4. The number of nitrogens with zero attached hydrogens (tertiary/aromatic N) is 3. The second-order valence-electron chi connectivity index (χ2n) is 9.47. The Morgan fingerprint density at radius 2 is 1.86 bits per heavy atom. The average Bonchev–Trinajstić information content (AvgIpc) is 3.52. The van der Waals surface area contributed by atoms with E-state index in [4.69, 9.17) is 0 Å². The van der Waals surface area contributed by atoms with Gasteiger partial charge in [-0.05, 0) is 62.3 Å². The summed E-state index contributed by atoms with van der Waals surface area (Å²) in [6.45, 7) is 1.04. The zero-order valence-electron chi connectivity index (χ0n) is 20.2. The molecule has 0 radical (unpaired) electrons. The first kappa shape index (κ1) is 22.3. The maximum absolute atomic E-state index is 13.2. The van der Waals surface area contributed by atoms with E-state index in [1.165, 1.54) is 12.8 Å². The van der Waals surface area contributed by atoms with Gasteiger partial charge in [-0.15, -0.1) is 0 Å². The molecule has 6 rings (SSSR count). The largest absolute Gasteiger partial charge is 0.337 e. The summed E-state index contributed by atoms with van der Waals surface area (Å²) in [6.07, 6.45) is 3.42. The van der Waals surface area contributed by atoms with Crippen LogP contribution in [0.25, 0.3) is 33.5 Å². The molecule has 3 heterocycles. The number of piperidine rings is 1. The second kappa shape index (κ2) is 9.47. The van der Waals surface area contributed by atoms with Gasteiger partial charge in [-0.2, -0.15) is 5.10 Å². The van der Waals surface area contributed by atoms with Crippen molar-refractivity contribution in [1.82, 2.24) is 30.4 Å². The van der Waals surface area contributed by atoms with E-state index >= 15 is 0 Å². The molecule has 2 aromatic heterocycles. The molecule has 1 aliphatic rings. The Bertz CT molecular complexity index is 1470. The molecule has 0 unspecified atom stereocenters. The third-order valence-electron chi connectivity index (χ3n) is 7.09. The summed E-state index contributed by atoms with van der Waals surface area (Å²) in [5.41, 5.74) is 5.25. The Kier molecular flexibility index (Phi) is 5.87. The number of H-pyrrole nitrogens is 2. The van der Waals surface area contributed by atoms with Crippen LogP contribution in [0.5, 0.6) is 0 Å². The van der Waals surface area contributed by atoms with E-state index in [0.717, 1.165) is 46.2 Å². The summed E-state index contributed by atoms with van der Waals surface area (Å²) in [6, 6.07) is 23.8. The van der Waals surface area contributed by atoms with E-state index in [9.17, 15) is 4.79 Å². The fraction of sp³-hybridized carbons (Fsp3) is 0.250. The molecular weight excluding hydrogens is 450 g/mol. The zero-order valence-corrected chi connectivity index (χ0v) is 20.2. The Labute approximate surface area is 209 Å². The minimum Gasteiger partial charge on any atom is -0.337 e. The van der Waals surface area contributed by atoms with Crippen molar-refractivity contribution in [2.75, 3.05) is 18.9 Å². The van der Waals surface area contributed by atoms with Gasteiger partial charge in [0.1, 0.15) is 5.69 Å². The minimum atomic E-state index is -0.226. The van der Waals surface area contributed by atoms with Crippen LogP contribution in [-0.2, 0) is 0 Å². The highest BCUT2D eigenvalue weighted by atomic mass is 16.2. The number of urea groups is 1. The highest BCUT2D eigenvalue weighted by Crippen LogP contribution is 2.30. The van der Waals surface area contributed by atoms with Gasteiger partial charge in [0.2, 0.25) is 0 Å². The molecule has 0 bridgehead atoms. The number of carbonyl (C=O) groups is 1. The molecule has 182 valence electrons. The van der Waals surface area contributed by atoms with Crippen LogP contribution >= 0.6 is 0 Å². The third kappa shape index (κ3) is 4.31. The van der Waals surface area contributed by atoms with Crippen molar-refractivity contribution < 1.29 is 4.79 Å². The minimum absolute atomic E-state index is 0.0970. The predicted octanol–water partition coefficient (Wildman–Crippen LogP) is 5.45. The lowest BCUT2D eigenvalue weighted by Gasteiger charge is -2.38. The molecule has 36 heavy (non-hydrogen) atoms. The molecule has 5 aromatic rings. The van der Waals surface area contributed by atoms with Crippen molar-refractivity contribution in [3.05, 3.63) is 78.4 Å². The molecule has 0 saturated carbocycles. The van der Waals surface area contributed by atoms with Gasteiger partial charge in [-0.25, -0.2) is 9.78 Å². The maximum Gasteiger partial charge on any atom is 0.319 e. The molecule has 2 amide bonds. The fourth-order valence-electron chi connectivity index (χ4n) is 5.23. The highest BCUT2D eigenvalue weighted by molar-refractivity contribution is 5.98. The summed E-state index contributed by atoms with van der Waals surface area (Å²) < 4.78 is 0. The molecule has 0 aliphatic carbocycles. The van der Waals surface area contributed by atoms with Crippen LogP contribution in [0.3, 0.4) is 0 Å². The molecule has 1 aliphatic heterocycles. The number of nitrogens with one attached hydrogen (secondary N) is 4. The number of benzene rings is 3. The summed E-state index contributed by atoms with van der Waals surface area (Å²) in [4.78, 5) is 23.6. The number of fused-ring (bicyclic) bond motifs is 2. The fourth-order valence-corrected chi connectivity index (χ4v) is 5.23. The Morgan fingerprint density at radius 1 is 1.03 bits per heavy atom. The molecule has 8 heteroatoms. The Morgan fingerprint density at radius 3 is 2.69 bits per heavy atom. The summed E-state index contributed by atoms with van der Waals surface area (Å²) >= 11 is 0. The SMILES string of the molecule is CN1CCCC[C@@H]1[C@H](NC(=O)Nc1ccc2[nH]nc(-c3nc4ccccc4[nH]3)c2c1)c1ccccc1. The molecule has 3 aromatic carbocycles. The molecule has 8 nitrogen and oxygen atoms in total. The number of amides is 2. The lowest BCUT2D eigenvalue weighted by molar-refractivity contribution is 0.147. The molecule has 4 N–H and O–H groups in total. The number of para-hydroxylation sites is 2. The van der Waals surface area contributed by atoms with Crippen molar-refractivity contribution in [3.63, 3.8) is 0 Å². The summed E-state index contributed by atoms with van der Waals surface area (Å²) in [5.74, 6) is 0.688. The number of hydrogen-bond donors (Lipinski definition) is 4. The van der Waals surface area contributed by atoms with E-state index in [-0.39, 0.29) is 18.1 Å². The summed E-state index contributed by atoms with van der Waals surface area (Å²) in [5, 5.41) is 14.7. The number of aromatic nitrogens is 4. The topological polar surface area (TPSA) is 102 Å². The van der Waals surface area contributed by atoms with Gasteiger partial charge in [0.25, 0.3) is 0 Å². The van der Waals surface area contributed by atoms with Crippen LogP contribution in [0, 0.1) is 0 Å². The van der Waals surface area contributed by atoms with E-state index in [1.807, 2.05) is 60.7 Å². The maximum atomic E-state index is 13.2. The highest BCUT2D eigenvalue weighted by Gasteiger charge is 2.30. The number of imidazole rings is 1. The molecule has 2 atom stereocenters. The van der Waals surface area contributed by atoms with E-state index in [2.05, 4.69) is 54.9 Å². The van der Waals surface area contributed by atoms with Crippen LogP contribution in [0.2, 0.25) is 0 Å². The van der Waals surface area contributed by atoms with Crippen molar-refractivity contribution in [3.8, 4) is 11.5 Å². The smallest absolute Gasteiger partial charge is 0.319 e. The Balaban J connectivity index is 1.25. The number of anilines is 1. The number of likely N-dealkylation sites (N-methyl/N-ethyl adjacent to an activating group) is 1. The number of aromatic amines is 2. The predicted molar refractivity (Wildman–Crippen MR) is 143 cm³/mol. The van der Waals surface area contributed by atoms with E-state index in [1.54, 1.807) is 0 Å². The first-order valence-electron chi connectivity index (χ1n) is 12.4. The van der Waals surface area contributed by atoms with Crippen molar-refractivity contribution in [1.29, 1.82) is 0 Å². The quantitative estimate of drug-likeness (QED) is 0.269. The van der Waals surface area contributed by atoms with Crippen molar-refractivity contribution >= 4 is 33.7 Å². The standard InChI is InChI=1S/C28H29N7O/c1-35-16-8-7-13-24(35)25(18-9-3-2-4-10-18)32-28(36)29-19-14-15-21-20(17-19)26(34-33-21)27-30-22-11-5-6-12-23(22)31-27/h2-6,9-12,14-15,17,24-25H,7-8,13,16H2,1H3,(H,30,31)(H,33,34)(H2,29,32,36)/t24-,25-/m1/s1. The van der Waals surface area contributed by atoms with Gasteiger partial charge in [0.15, 0.2) is 5.82 Å². The molecular formula is C28H29N7O. The average molecular weight is 480 g/mol. The normalized spacial score (nSPS) is 17.3. The van der Waals surface area contributed by atoms with Crippen LogP contribution in [0.1, 0.15) is 30.9 Å². The van der Waals surface area contributed by atoms with Gasteiger partial charge < -0.3 is 20.5 Å². The number of carbonyl (C=O) groups excluding carboxylic acids is 1. The zero-order chi connectivity index (χ0) is 24.5. The molecule has 1 fully saturated rings. The van der Waals surface area contributed by atoms with Gasteiger partial charge in [-0.3, -0.25) is 5.10 Å². The number of rotatable bonds is 5. The van der Waals surface area contributed by atoms with Crippen molar-refractivity contribution in [2.45, 2.75) is 31.3 Å². The van der Waals surface area contributed by atoms with Gasteiger partial charge in [0.05, 0.1) is 22.6 Å². The van der Waals surface area contributed by atoms with Crippen LogP contribution < -0.4 is 10.6 Å². The lowest BCUT2D eigenvalue weighted by atomic mass is 9.91. The van der Waals surface area contributed by atoms with Gasteiger partial charge >= 0.3 is 6.03 Å². The third-order valence-corrected chi connectivity index (χ3v) is 7.09. The van der Waals surface area contributed by atoms with Crippen LogP contribution in [0.15, 0.2) is 72.8 Å². The molecule has 0 spiro atoms. The number of hydrogen-bond acceptors (Lipinski definition) is 4. The molecule has 1 saturated heterocycles. The second-order valence-corrected chi connectivity index (χ2v) is 9.47. The van der Waals surface area contributed by atoms with Crippen LogP contribution in [-0.4, -0.2) is 50.7 Å². The Hall–Kier alpha value is -4.17. The van der Waals surface area contributed by atoms with E-state index < -0.39 is 0 Å². The first-order chi connectivity index (χ1) is 17.7. The van der Waals surface area contributed by atoms with Gasteiger partial charge in [0, 0.05) is 17.1 Å². The number of likely N-dealkylation sites (tertiary alicyclic amines) is 1. The summed E-state index contributed by atoms with van der Waals surface area (Å²) in [7, 11) is 2.14. The van der Waals surface area contributed by atoms with Crippen LogP contribution in [0.4, 0.5) is 10.5 Å². The monoisotopic (exact) mass is 479 g/mol. The van der Waals surface area contributed by atoms with Gasteiger partial charge in [-0.1, -0.05) is 48.9 Å². The lowest BCUT2D eigenvalue weighted by Crippen LogP contribution is -2.47. The van der Waals surface area contributed by atoms with E-state index in [0.29, 0.717) is 11.5 Å².